The van der Waals surface area contributed by atoms with Crippen LogP contribution in [0.5, 0.6) is 0 Å². The molecule has 38 heavy (non-hydrogen) atoms. The third-order valence-corrected chi connectivity index (χ3v) is 7.46. The zero-order valence-electron chi connectivity index (χ0n) is 20.6. The van der Waals surface area contributed by atoms with Gasteiger partial charge in [0.25, 0.3) is 5.91 Å². The minimum atomic E-state index is -1.50. The molecular formula is C30H25ClN2O5. The summed E-state index contributed by atoms with van der Waals surface area (Å²) in [6, 6.07) is 21.9. The van der Waals surface area contributed by atoms with E-state index in [1.54, 1.807) is 30.5 Å². The van der Waals surface area contributed by atoms with Gasteiger partial charge in [0.05, 0.1) is 23.0 Å². The molecule has 1 aromatic heterocycles. The summed E-state index contributed by atoms with van der Waals surface area (Å²) < 4.78 is 6.06. The van der Waals surface area contributed by atoms with Crippen molar-refractivity contribution in [1.82, 2.24) is 9.88 Å². The Hall–Kier alpha value is -4.10. The van der Waals surface area contributed by atoms with Gasteiger partial charge in [-0.1, -0.05) is 66.7 Å². The molecule has 0 radical (unpaired) electrons. The van der Waals surface area contributed by atoms with Crippen molar-refractivity contribution < 1.29 is 23.9 Å². The zero-order valence-corrected chi connectivity index (χ0v) is 21.4. The van der Waals surface area contributed by atoms with Gasteiger partial charge in [-0.2, -0.15) is 0 Å². The predicted octanol–water partition coefficient (Wildman–Crippen LogP) is 4.16. The van der Waals surface area contributed by atoms with Gasteiger partial charge in [-0.15, -0.1) is 11.6 Å². The van der Waals surface area contributed by atoms with Crippen molar-refractivity contribution in [3.8, 4) is 0 Å². The van der Waals surface area contributed by atoms with Crippen LogP contribution < -0.4 is 0 Å². The molecule has 2 fully saturated rings. The van der Waals surface area contributed by atoms with E-state index in [1.807, 2.05) is 60.7 Å². The van der Waals surface area contributed by atoms with Crippen molar-refractivity contribution in [3.05, 3.63) is 107 Å². The molecule has 0 aliphatic carbocycles. The third kappa shape index (κ3) is 4.43. The van der Waals surface area contributed by atoms with Crippen LogP contribution in [-0.2, 0) is 23.9 Å². The Kier molecular flexibility index (Phi) is 6.95. The number of ketones is 2. The van der Waals surface area contributed by atoms with Crippen LogP contribution in [0.3, 0.4) is 0 Å². The predicted molar refractivity (Wildman–Crippen MR) is 141 cm³/mol. The summed E-state index contributed by atoms with van der Waals surface area (Å²) in [4.78, 5) is 58.6. The van der Waals surface area contributed by atoms with Crippen molar-refractivity contribution in [2.45, 2.75) is 31.5 Å². The molecule has 1 amide bonds. The molecule has 3 heterocycles. The monoisotopic (exact) mass is 528 g/mol. The topological polar surface area (TPSA) is 93.6 Å². The number of carbonyl (C=O) groups is 4. The largest absolute Gasteiger partial charge is 0.451 e. The first kappa shape index (κ1) is 25.5. The van der Waals surface area contributed by atoms with Gasteiger partial charge in [-0.25, -0.2) is 4.79 Å². The number of alkyl halides is 1. The SMILES string of the molecule is C[C@@]1(C(=O)C(=O)CCl)CC2/C(=C\c3ccccn3)C(=O)N2[C@H]1C(=O)OC(c1ccccc1)c1ccccc1. The van der Waals surface area contributed by atoms with E-state index >= 15 is 0 Å². The lowest BCUT2D eigenvalue weighted by atomic mass is 9.76. The number of nitrogens with zero attached hydrogens (tertiary/aromatic N) is 2. The van der Waals surface area contributed by atoms with Crippen molar-refractivity contribution >= 4 is 41.1 Å². The first-order valence-corrected chi connectivity index (χ1v) is 12.8. The Morgan fingerprint density at radius 3 is 2.18 bits per heavy atom. The molecule has 192 valence electrons. The molecule has 0 N–H and O–H groups in total. The number of hydrogen-bond donors (Lipinski definition) is 0. The van der Waals surface area contributed by atoms with E-state index in [-0.39, 0.29) is 6.42 Å². The first-order valence-electron chi connectivity index (χ1n) is 12.2. The number of hydrogen-bond acceptors (Lipinski definition) is 6. The Morgan fingerprint density at radius 1 is 1.03 bits per heavy atom. The number of carbonyl (C=O) groups excluding carboxylic acids is 4. The van der Waals surface area contributed by atoms with Crippen LogP contribution in [-0.4, -0.2) is 51.3 Å². The van der Waals surface area contributed by atoms with Crippen molar-refractivity contribution in [1.29, 1.82) is 0 Å². The Labute approximate surface area is 225 Å². The average Bonchev–Trinajstić information content (AvgIpc) is 3.25. The van der Waals surface area contributed by atoms with E-state index in [1.165, 1.54) is 11.8 Å². The Bertz CT molecular complexity index is 1370. The number of aromatic nitrogens is 1. The molecule has 0 bridgehead atoms. The number of benzene rings is 2. The second-order valence-electron chi connectivity index (χ2n) is 9.63. The summed E-state index contributed by atoms with van der Waals surface area (Å²) in [5.41, 5.74) is 0.981. The fraction of sp³-hybridized carbons (Fsp3) is 0.233. The summed E-state index contributed by atoms with van der Waals surface area (Å²) >= 11 is 5.73. The molecule has 0 spiro atoms. The summed E-state index contributed by atoms with van der Waals surface area (Å²) in [7, 11) is 0. The molecule has 1 unspecified atom stereocenters. The highest BCUT2D eigenvalue weighted by Crippen LogP contribution is 2.51. The van der Waals surface area contributed by atoms with Crippen molar-refractivity contribution in [2.75, 3.05) is 5.88 Å². The molecule has 8 heteroatoms. The molecule has 0 saturated carbocycles. The highest BCUT2D eigenvalue weighted by Gasteiger charge is 2.66. The van der Waals surface area contributed by atoms with Gasteiger partial charge in [0, 0.05) is 11.8 Å². The second kappa shape index (κ2) is 10.3. The van der Waals surface area contributed by atoms with Crippen molar-refractivity contribution in [3.63, 3.8) is 0 Å². The zero-order chi connectivity index (χ0) is 26.9. The minimum Gasteiger partial charge on any atom is -0.451 e. The van der Waals surface area contributed by atoms with Crippen molar-refractivity contribution in [2.24, 2.45) is 5.41 Å². The Morgan fingerprint density at radius 2 is 1.63 bits per heavy atom. The summed E-state index contributed by atoms with van der Waals surface area (Å²) in [5, 5.41) is 0. The molecule has 3 aromatic rings. The van der Waals surface area contributed by atoms with Gasteiger partial charge >= 0.3 is 5.97 Å². The van der Waals surface area contributed by atoms with Gasteiger partial charge in [0.1, 0.15) is 6.04 Å². The van der Waals surface area contributed by atoms with E-state index in [0.717, 1.165) is 11.1 Å². The lowest BCUT2D eigenvalue weighted by molar-refractivity contribution is -0.164. The number of β-lactam (4-membered cyclic amide) rings is 1. The standard InChI is InChI=1S/C30H25ClN2O5/c1-30(27(35)24(34)18-31)17-23-22(16-21-14-8-9-15-32-21)28(36)33(23)26(30)29(37)38-25(19-10-4-2-5-11-19)20-12-6-3-7-13-20/h2-16,23,25-26H,17-18H2,1H3/b22-16+/t23?,26-,30+/m0/s1. The number of fused-ring (bicyclic) bond motifs is 1. The maximum atomic E-state index is 13.9. The highest BCUT2D eigenvalue weighted by atomic mass is 35.5. The second-order valence-corrected chi connectivity index (χ2v) is 9.90. The quantitative estimate of drug-likeness (QED) is 0.143. The fourth-order valence-electron chi connectivity index (χ4n) is 5.36. The van der Waals surface area contributed by atoms with Gasteiger partial charge in [-0.3, -0.25) is 19.4 Å². The highest BCUT2D eigenvalue weighted by molar-refractivity contribution is 6.49. The molecule has 2 aliphatic rings. The van der Waals surface area contributed by atoms with Crippen LogP contribution in [0.4, 0.5) is 0 Å². The number of pyridine rings is 1. The number of halogens is 1. The number of esters is 1. The molecule has 5 rings (SSSR count). The van der Waals surface area contributed by atoms with Gasteiger partial charge in [-0.05, 0) is 42.7 Å². The van der Waals surface area contributed by atoms with Crippen LogP contribution >= 0.6 is 11.6 Å². The van der Waals surface area contributed by atoms with Crippen LogP contribution in [0.2, 0.25) is 0 Å². The van der Waals surface area contributed by atoms with Crippen LogP contribution in [0.1, 0.15) is 36.3 Å². The van der Waals surface area contributed by atoms with E-state index in [0.29, 0.717) is 11.3 Å². The maximum Gasteiger partial charge on any atom is 0.330 e. The van der Waals surface area contributed by atoms with E-state index in [4.69, 9.17) is 16.3 Å². The number of ether oxygens (including phenoxy) is 1. The van der Waals surface area contributed by atoms with Crippen LogP contribution in [0.15, 0.2) is 90.6 Å². The molecular weight excluding hydrogens is 504 g/mol. The lowest BCUT2D eigenvalue weighted by Crippen LogP contribution is -2.59. The average molecular weight is 529 g/mol. The first-order chi connectivity index (χ1) is 18.3. The van der Waals surface area contributed by atoms with E-state index < -0.39 is 52.9 Å². The number of Topliss-reactive ketones (excluding diaryl/α,β-unsaturated/α-hetero) is 2. The molecule has 7 nitrogen and oxygen atoms in total. The minimum absolute atomic E-state index is 0.0972. The lowest BCUT2D eigenvalue weighted by Gasteiger charge is -2.41. The maximum absolute atomic E-state index is 13.9. The van der Waals surface area contributed by atoms with E-state index in [2.05, 4.69) is 4.98 Å². The fourth-order valence-corrected chi connectivity index (χ4v) is 5.48. The normalized spacial score (nSPS) is 23.2. The molecule has 2 saturated heterocycles. The van der Waals surface area contributed by atoms with Gasteiger partial charge < -0.3 is 9.64 Å². The Balaban J connectivity index is 1.52. The van der Waals surface area contributed by atoms with Gasteiger partial charge in [0.2, 0.25) is 11.6 Å². The molecule has 2 aliphatic heterocycles. The van der Waals surface area contributed by atoms with Crippen LogP contribution in [0, 0.1) is 5.41 Å². The third-order valence-electron chi connectivity index (χ3n) is 7.22. The van der Waals surface area contributed by atoms with Crippen LogP contribution in [0.25, 0.3) is 6.08 Å². The number of rotatable bonds is 8. The van der Waals surface area contributed by atoms with Gasteiger partial charge in [0.15, 0.2) is 6.10 Å². The smallest absolute Gasteiger partial charge is 0.330 e. The summed E-state index contributed by atoms with van der Waals surface area (Å²) in [6.07, 6.45) is 2.59. The van der Waals surface area contributed by atoms with E-state index in [9.17, 15) is 19.2 Å². The summed E-state index contributed by atoms with van der Waals surface area (Å²) in [5.74, 6) is -3.26. The molecule has 2 aromatic carbocycles. The number of amides is 1. The summed E-state index contributed by atoms with van der Waals surface area (Å²) in [6.45, 7) is 1.54. The molecule has 3 atom stereocenters.